The number of hydrogen-bond donors (Lipinski definition) is 1. The second-order valence-electron chi connectivity index (χ2n) is 4.99. The van der Waals surface area contributed by atoms with Gasteiger partial charge in [0.1, 0.15) is 0 Å². The molecule has 0 atom stereocenters. The highest BCUT2D eigenvalue weighted by Crippen LogP contribution is 2.35. The Hall–Kier alpha value is -0.530. The molecule has 0 aromatic heterocycles. The highest BCUT2D eigenvalue weighted by atomic mass is 16.2. The summed E-state index contributed by atoms with van der Waals surface area (Å²) in [6.45, 7) is 8.15. The van der Waals surface area contributed by atoms with Crippen LogP contribution in [0.4, 0.5) is 0 Å². The Balaban J connectivity index is 2.45. The third-order valence-corrected chi connectivity index (χ3v) is 3.10. The van der Waals surface area contributed by atoms with Crippen LogP contribution in [-0.4, -0.2) is 11.4 Å². The van der Waals surface area contributed by atoms with Crippen LogP contribution in [-0.2, 0) is 4.79 Å². The first kappa shape index (κ1) is 10.6. The van der Waals surface area contributed by atoms with Gasteiger partial charge in [0.2, 0.25) is 5.91 Å². The average Bonchev–Trinajstić information content (AvgIpc) is 1.79. The molecule has 1 aliphatic rings. The number of rotatable bonds is 3. The SMILES string of the molecule is CC(C)C(=O)NC(C)(C)C1CCC1. The van der Waals surface area contributed by atoms with E-state index < -0.39 is 0 Å². The molecular weight excluding hydrogens is 162 g/mol. The van der Waals surface area contributed by atoms with E-state index in [1.807, 2.05) is 13.8 Å². The second-order valence-corrected chi connectivity index (χ2v) is 4.99. The summed E-state index contributed by atoms with van der Waals surface area (Å²) in [5, 5.41) is 3.12. The molecule has 0 saturated heterocycles. The molecule has 2 heteroatoms. The van der Waals surface area contributed by atoms with Gasteiger partial charge in [-0.25, -0.2) is 0 Å². The maximum absolute atomic E-state index is 11.5. The minimum atomic E-state index is -0.000394. The molecule has 1 rings (SSSR count). The van der Waals surface area contributed by atoms with Gasteiger partial charge in [0, 0.05) is 11.5 Å². The molecule has 0 spiro atoms. The molecule has 2 nitrogen and oxygen atoms in total. The van der Waals surface area contributed by atoms with Gasteiger partial charge in [-0.3, -0.25) is 4.79 Å². The van der Waals surface area contributed by atoms with E-state index in [9.17, 15) is 4.79 Å². The number of amides is 1. The zero-order valence-electron chi connectivity index (χ0n) is 9.18. The highest BCUT2D eigenvalue weighted by Gasteiger charge is 2.35. The molecule has 1 amide bonds. The van der Waals surface area contributed by atoms with Gasteiger partial charge < -0.3 is 5.32 Å². The first-order valence-electron chi connectivity index (χ1n) is 5.25. The van der Waals surface area contributed by atoms with Crippen LogP contribution >= 0.6 is 0 Å². The van der Waals surface area contributed by atoms with Gasteiger partial charge in [-0.2, -0.15) is 0 Å². The predicted molar refractivity (Wildman–Crippen MR) is 54.4 cm³/mol. The third kappa shape index (κ3) is 2.45. The summed E-state index contributed by atoms with van der Waals surface area (Å²) in [7, 11) is 0. The maximum Gasteiger partial charge on any atom is 0.222 e. The Labute approximate surface area is 81.1 Å². The normalized spacial score (nSPS) is 18.5. The van der Waals surface area contributed by atoms with Crippen LogP contribution in [0.15, 0.2) is 0 Å². The van der Waals surface area contributed by atoms with Gasteiger partial charge in [-0.15, -0.1) is 0 Å². The van der Waals surface area contributed by atoms with Crippen LogP contribution in [0.2, 0.25) is 0 Å². The van der Waals surface area contributed by atoms with Gasteiger partial charge >= 0.3 is 0 Å². The fourth-order valence-corrected chi connectivity index (χ4v) is 1.69. The molecule has 13 heavy (non-hydrogen) atoms. The predicted octanol–water partition coefficient (Wildman–Crippen LogP) is 2.34. The van der Waals surface area contributed by atoms with Crippen molar-refractivity contribution in [3.63, 3.8) is 0 Å². The lowest BCUT2D eigenvalue weighted by atomic mass is 9.72. The fraction of sp³-hybridized carbons (Fsp3) is 0.909. The lowest BCUT2D eigenvalue weighted by molar-refractivity contribution is -0.126. The summed E-state index contributed by atoms with van der Waals surface area (Å²) in [4.78, 5) is 11.5. The van der Waals surface area contributed by atoms with Crippen LogP contribution < -0.4 is 5.32 Å². The van der Waals surface area contributed by atoms with Crippen molar-refractivity contribution in [1.82, 2.24) is 5.32 Å². The summed E-state index contributed by atoms with van der Waals surface area (Å²) in [5.41, 5.74) is -0.000394. The van der Waals surface area contributed by atoms with E-state index in [2.05, 4.69) is 19.2 Å². The maximum atomic E-state index is 11.5. The Kier molecular flexibility index (Phi) is 2.99. The standard InChI is InChI=1S/C11H21NO/c1-8(2)10(13)12-11(3,4)9-6-5-7-9/h8-9H,5-7H2,1-4H3,(H,12,13). The van der Waals surface area contributed by atoms with Gasteiger partial charge in [-0.1, -0.05) is 20.3 Å². The monoisotopic (exact) mass is 183 g/mol. The van der Waals surface area contributed by atoms with E-state index in [1.54, 1.807) is 0 Å². The lowest BCUT2D eigenvalue weighted by Crippen LogP contribution is -2.52. The van der Waals surface area contributed by atoms with Crippen molar-refractivity contribution < 1.29 is 4.79 Å². The summed E-state index contributed by atoms with van der Waals surface area (Å²) < 4.78 is 0. The molecule has 0 heterocycles. The quantitative estimate of drug-likeness (QED) is 0.715. The van der Waals surface area contributed by atoms with E-state index in [0.717, 1.165) is 0 Å². The number of carbonyl (C=O) groups is 1. The van der Waals surface area contributed by atoms with Crippen LogP contribution in [0.3, 0.4) is 0 Å². The first-order valence-corrected chi connectivity index (χ1v) is 5.25. The van der Waals surface area contributed by atoms with Gasteiger partial charge in [0.15, 0.2) is 0 Å². The summed E-state index contributed by atoms with van der Waals surface area (Å²) in [6, 6.07) is 0. The topological polar surface area (TPSA) is 29.1 Å². The smallest absolute Gasteiger partial charge is 0.222 e. The molecule has 0 aromatic rings. The lowest BCUT2D eigenvalue weighted by Gasteiger charge is -2.41. The first-order chi connectivity index (χ1) is 5.93. The average molecular weight is 183 g/mol. The molecular formula is C11H21NO. The minimum Gasteiger partial charge on any atom is -0.351 e. The number of nitrogens with one attached hydrogen (secondary N) is 1. The van der Waals surface area contributed by atoms with Gasteiger partial charge in [0.05, 0.1) is 0 Å². The van der Waals surface area contributed by atoms with Crippen molar-refractivity contribution in [1.29, 1.82) is 0 Å². The molecule has 1 aliphatic carbocycles. The molecule has 76 valence electrons. The van der Waals surface area contributed by atoms with Crippen LogP contribution in [0.1, 0.15) is 47.0 Å². The van der Waals surface area contributed by atoms with Crippen LogP contribution in [0.25, 0.3) is 0 Å². The highest BCUT2D eigenvalue weighted by molar-refractivity contribution is 5.78. The molecule has 1 N–H and O–H groups in total. The van der Waals surface area contributed by atoms with E-state index >= 15 is 0 Å². The molecule has 0 aromatic carbocycles. The molecule has 1 fully saturated rings. The molecule has 0 unspecified atom stereocenters. The van der Waals surface area contributed by atoms with Crippen LogP contribution in [0.5, 0.6) is 0 Å². The largest absolute Gasteiger partial charge is 0.351 e. The van der Waals surface area contributed by atoms with E-state index in [1.165, 1.54) is 19.3 Å². The van der Waals surface area contributed by atoms with Crippen LogP contribution in [0, 0.1) is 11.8 Å². The summed E-state index contributed by atoms with van der Waals surface area (Å²) >= 11 is 0. The number of carbonyl (C=O) groups excluding carboxylic acids is 1. The molecule has 0 bridgehead atoms. The minimum absolute atomic E-state index is 0.000394. The van der Waals surface area contributed by atoms with Gasteiger partial charge in [0.25, 0.3) is 0 Å². The molecule has 1 saturated carbocycles. The van der Waals surface area contributed by atoms with Crippen molar-refractivity contribution in [2.24, 2.45) is 11.8 Å². The second kappa shape index (κ2) is 3.69. The molecule has 0 radical (unpaired) electrons. The summed E-state index contributed by atoms with van der Waals surface area (Å²) in [5.74, 6) is 0.964. The Morgan fingerprint density at radius 2 is 1.92 bits per heavy atom. The van der Waals surface area contributed by atoms with Gasteiger partial charge in [-0.05, 0) is 32.6 Å². The van der Waals surface area contributed by atoms with Crippen molar-refractivity contribution >= 4 is 5.91 Å². The Morgan fingerprint density at radius 1 is 1.38 bits per heavy atom. The van der Waals surface area contributed by atoms with Crippen molar-refractivity contribution in [3.05, 3.63) is 0 Å². The number of hydrogen-bond acceptors (Lipinski definition) is 1. The van der Waals surface area contributed by atoms with Crippen molar-refractivity contribution in [2.75, 3.05) is 0 Å². The summed E-state index contributed by atoms with van der Waals surface area (Å²) in [6.07, 6.45) is 3.86. The third-order valence-electron chi connectivity index (χ3n) is 3.10. The van der Waals surface area contributed by atoms with E-state index in [0.29, 0.717) is 5.92 Å². The van der Waals surface area contributed by atoms with E-state index in [-0.39, 0.29) is 17.4 Å². The Morgan fingerprint density at radius 3 is 2.23 bits per heavy atom. The van der Waals surface area contributed by atoms with Crippen molar-refractivity contribution in [2.45, 2.75) is 52.5 Å². The van der Waals surface area contributed by atoms with E-state index in [4.69, 9.17) is 0 Å². The zero-order chi connectivity index (χ0) is 10.1. The zero-order valence-corrected chi connectivity index (χ0v) is 9.18. The van der Waals surface area contributed by atoms with Crippen molar-refractivity contribution in [3.8, 4) is 0 Å². The Bertz CT molecular complexity index is 192. The fourth-order valence-electron chi connectivity index (χ4n) is 1.69. The molecule has 0 aliphatic heterocycles.